The second-order valence-electron chi connectivity index (χ2n) is 4.63. The molecule has 0 spiro atoms. The van der Waals surface area contributed by atoms with Gasteiger partial charge in [-0.3, -0.25) is 14.4 Å². The van der Waals surface area contributed by atoms with Crippen LogP contribution in [-0.4, -0.2) is 29.5 Å². The number of carbonyl (C=O) groups is 2. The minimum atomic E-state index is -0.320. The zero-order valence-electron chi connectivity index (χ0n) is 12.1. The van der Waals surface area contributed by atoms with Crippen LogP contribution in [0.15, 0.2) is 33.0 Å². The monoisotopic (exact) mass is 323 g/mol. The molecule has 2 rings (SSSR count). The van der Waals surface area contributed by atoms with E-state index in [9.17, 15) is 14.4 Å². The lowest BCUT2D eigenvalue weighted by Crippen LogP contribution is -2.35. The minimum Gasteiger partial charge on any atom is -0.459 e. The highest BCUT2D eigenvalue weighted by Gasteiger charge is 2.08. The highest BCUT2D eigenvalue weighted by atomic mass is 32.1. The fourth-order valence-corrected chi connectivity index (χ4v) is 2.61. The Bertz CT molecular complexity index is 687. The van der Waals surface area contributed by atoms with Crippen molar-refractivity contribution >= 4 is 23.2 Å². The first-order valence-electron chi connectivity index (χ1n) is 6.81. The standard InChI is InChI=1S/C14H17N3O4S/c1-10-9-22-14(20)17(10)7-4-12(18)15-5-6-16-13(19)11-3-2-8-21-11/h2-3,8-9H,4-7H2,1H3,(H,15,18)(H,16,19). The average molecular weight is 323 g/mol. The van der Waals surface area contributed by atoms with Crippen LogP contribution in [-0.2, 0) is 11.3 Å². The van der Waals surface area contributed by atoms with Crippen molar-refractivity contribution in [2.24, 2.45) is 0 Å². The lowest BCUT2D eigenvalue weighted by atomic mass is 10.3. The van der Waals surface area contributed by atoms with Crippen molar-refractivity contribution in [3.63, 3.8) is 0 Å². The van der Waals surface area contributed by atoms with Gasteiger partial charge in [0, 0.05) is 37.1 Å². The third kappa shape index (κ3) is 4.32. The van der Waals surface area contributed by atoms with Crippen LogP contribution in [0.5, 0.6) is 0 Å². The van der Waals surface area contributed by atoms with Gasteiger partial charge in [-0.15, -0.1) is 0 Å². The van der Waals surface area contributed by atoms with Gasteiger partial charge in [-0.2, -0.15) is 0 Å². The molecule has 0 fully saturated rings. The number of thiazole rings is 1. The number of hydrogen-bond donors (Lipinski definition) is 2. The molecule has 2 heterocycles. The van der Waals surface area contributed by atoms with Gasteiger partial charge in [-0.1, -0.05) is 11.3 Å². The van der Waals surface area contributed by atoms with Gasteiger partial charge in [0.25, 0.3) is 5.91 Å². The van der Waals surface area contributed by atoms with Crippen LogP contribution >= 0.6 is 11.3 Å². The van der Waals surface area contributed by atoms with Crippen molar-refractivity contribution in [2.45, 2.75) is 19.9 Å². The van der Waals surface area contributed by atoms with Gasteiger partial charge in [0.15, 0.2) is 5.76 Å². The molecule has 0 saturated carbocycles. The SMILES string of the molecule is Cc1csc(=O)n1CCC(=O)NCCNC(=O)c1ccco1. The Hall–Kier alpha value is -2.35. The largest absolute Gasteiger partial charge is 0.459 e. The van der Waals surface area contributed by atoms with E-state index in [0.717, 1.165) is 17.0 Å². The highest BCUT2D eigenvalue weighted by molar-refractivity contribution is 7.07. The van der Waals surface area contributed by atoms with Crippen LogP contribution in [0.1, 0.15) is 22.7 Å². The lowest BCUT2D eigenvalue weighted by Gasteiger charge is -2.07. The first-order valence-corrected chi connectivity index (χ1v) is 7.69. The van der Waals surface area contributed by atoms with E-state index in [2.05, 4.69) is 10.6 Å². The number of rotatable bonds is 7. The molecule has 22 heavy (non-hydrogen) atoms. The van der Waals surface area contributed by atoms with E-state index < -0.39 is 0 Å². The summed E-state index contributed by atoms with van der Waals surface area (Å²) in [5.41, 5.74) is 0.855. The van der Waals surface area contributed by atoms with Crippen molar-refractivity contribution in [1.82, 2.24) is 15.2 Å². The van der Waals surface area contributed by atoms with E-state index in [1.807, 2.05) is 6.92 Å². The number of furan rings is 1. The Morgan fingerprint density at radius 1 is 1.32 bits per heavy atom. The number of nitrogens with zero attached hydrogens (tertiary/aromatic N) is 1. The molecule has 7 nitrogen and oxygen atoms in total. The second kappa shape index (κ2) is 7.60. The van der Waals surface area contributed by atoms with Crippen LogP contribution in [0.3, 0.4) is 0 Å². The Balaban J connectivity index is 1.64. The molecule has 0 saturated heterocycles. The van der Waals surface area contributed by atoms with Crippen LogP contribution in [0.25, 0.3) is 0 Å². The topological polar surface area (TPSA) is 93.3 Å². The molecule has 0 aliphatic carbocycles. The second-order valence-corrected chi connectivity index (χ2v) is 5.45. The molecule has 2 aromatic heterocycles. The van der Waals surface area contributed by atoms with Crippen molar-refractivity contribution < 1.29 is 14.0 Å². The van der Waals surface area contributed by atoms with Gasteiger partial charge in [0.1, 0.15) is 0 Å². The van der Waals surface area contributed by atoms with Crippen molar-refractivity contribution in [2.75, 3.05) is 13.1 Å². The minimum absolute atomic E-state index is 0.0592. The molecule has 2 amide bonds. The summed E-state index contributed by atoms with van der Waals surface area (Å²) in [6, 6.07) is 3.19. The summed E-state index contributed by atoms with van der Waals surface area (Å²) in [5, 5.41) is 7.08. The van der Waals surface area contributed by atoms with E-state index in [4.69, 9.17) is 4.42 Å². The maximum absolute atomic E-state index is 11.7. The average Bonchev–Trinajstić information content (AvgIpc) is 3.13. The van der Waals surface area contributed by atoms with Crippen molar-refractivity contribution in [1.29, 1.82) is 0 Å². The predicted octanol–water partition coefficient (Wildman–Crippen LogP) is 0.748. The summed E-state index contributed by atoms with van der Waals surface area (Å²) in [6.07, 6.45) is 1.65. The Labute approximate surface area is 130 Å². The molecule has 0 atom stereocenters. The summed E-state index contributed by atoms with van der Waals surface area (Å²) in [4.78, 5) is 34.7. The number of aromatic nitrogens is 1. The van der Waals surface area contributed by atoms with E-state index >= 15 is 0 Å². The van der Waals surface area contributed by atoms with E-state index in [0.29, 0.717) is 19.6 Å². The van der Waals surface area contributed by atoms with Crippen LogP contribution in [0, 0.1) is 6.92 Å². The van der Waals surface area contributed by atoms with Gasteiger partial charge < -0.3 is 19.6 Å². The van der Waals surface area contributed by atoms with E-state index in [1.54, 1.807) is 22.1 Å². The first kappa shape index (κ1) is 16.0. The fraction of sp³-hybridized carbons (Fsp3) is 0.357. The first-order chi connectivity index (χ1) is 10.6. The molecule has 8 heteroatoms. The predicted molar refractivity (Wildman–Crippen MR) is 82.0 cm³/mol. The molecule has 0 aromatic carbocycles. The molecule has 0 bridgehead atoms. The number of aryl methyl sites for hydroxylation is 1. The Morgan fingerprint density at radius 3 is 2.73 bits per heavy atom. The maximum Gasteiger partial charge on any atom is 0.307 e. The maximum atomic E-state index is 11.7. The molecule has 0 aliphatic rings. The van der Waals surface area contributed by atoms with E-state index in [1.165, 1.54) is 6.26 Å². The quantitative estimate of drug-likeness (QED) is 0.735. The molecule has 0 radical (unpaired) electrons. The lowest BCUT2D eigenvalue weighted by molar-refractivity contribution is -0.121. The molecule has 2 aromatic rings. The van der Waals surface area contributed by atoms with Gasteiger partial charge in [-0.25, -0.2) is 0 Å². The normalized spacial score (nSPS) is 10.4. The summed E-state index contributed by atoms with van der Waals surface area (Å²) in [6.45, 7) is 2.82. The Morgan fingerprint density at radius 2 is 2.09 bits per heavy atom. The smallest absolute Gasteiger partial charge is 0.307 e. The summed E-state index contributed by atoms with van der Waals surface area (Å²) >= 11 is 1.13. The van der Waals surface area contributed by atoms with Gasteiger partial charge in [-0.05, 0) is 19.1 Å². The van der Waals surface area contributed by atoms with Crippen molar-refractivity contribution in [3.05, 3.63) is 44.9 Å². The zero-order valence-corrected chi connectivity index (χ0v) is 12.9. The van der Waals surface area contributed by atoms with Gasteiger partial charge >= 0.3 is 4.87 Å². The number of amides is 2. The van der Waals surface area contributed by atoms with Gasteiger partial charge in [0.05, 0.1) is 6.26 Å². The molecular formula is C14H17N3O4S. The number of carbonyl (C=O) groups excluding carboxylic acids is 2. The van der Waals surface area contributed by atoms with Crippen LogP contribution in [0.4, 0.5) is 0 Å². The molecule has 0 unspecified atom stereocenters. The van der Waals surface area contributed by atoms with Crippen molar-refractivity contribution in [3.8, 4) is 0 Å². The summed E-state index contributed by atoms with van der Waals surface area (Å²) < 4.78 is 6.52. The van der Waals surface area contributed by atoms with Gasteiger partial charge in [0.2, 0.25) is 5.91 Å². The van der Waals surface area contributed by atoms with Crippen LogP contribution in [0.2, 0.25) is 0 Å². The Kier molecular flexibility index (Phi) is 5.54. The molecular weight excluding hydrogens is 306 g/mol. The number of hydrogen-bond acceptors (Lipinski definition) is 5. The molecule has 0 aliphatic heterocycles. The number of nitrogens with one attached hydrogen (secondary N) is 2. The third-order valence-electron chi connectivity index (χ3n) is 3.02. The highest BCUT2D eigenvalue weighted by Crippen LogP contribution is 2.00. The van der Waals surface area contributed by atoms with Crippen LogP contribution < -0.4 is 15.5 Å². The molecule has 118 valence electrons. The summed E-state index contributed by atoms with van der Waals surface area (Å²) in [5.74, 6) is -0.247. The van der Waals surface area contributed by atoms with E-state index in [-0.39, 0.29) is 28.9 Å². The molecule has 2 N–H and O–H groups in total. The fourth-order valence-electron chi connectivity index (χ4n) is 1.85. The third-order valence-corrected chi connectivity index (χ3v) is 3.90. The summed E-state index contributed by atoms with van der Waals surface area (Å²) in [7, 11) is 0. The zero-order chi connectivity index (χ0) is 15.9.